The normalized spacial score (nSPS) is 19.8. The van der Waals surface area contributed by atoms with Crippen molar-refractivity contribution in [3.05, 3.63) is 113 Å². The van der Waals surface area contributed by atoms with E-state index in [0.29, 0.717) is 5.75 Å². The van der Waals surface area contributed by atoms with Crippen LogP contribution in [-0.4, -0.2) is 73.8 Å². The molecule has 0 spiro atoms. The summed E-state index contributed by atoms with van der Waals surface area (Å²) in [6.45, 7) is 7.74. The van der Waals surface area contributed by atoms with Gasteiger partial charge in [0.1, 0.15) is 37.2 Å². The van der Waals surface area contributed by atoms with Gasteiger partial charge in [0, 0.05) is 59.8 Å². The van der Waals surface area contributed by atoms with Crippen LogP contribution in [0.3, 0.4) is 0 Å². The quantitative estimate of drug-likeness (QED) is 0.192. The van der Waals surface area contributed by atoms with Crippen molar-refractivity contribution in [3.63, 3.8) is 0 Å². The Morgan fingerprint density at radius 3 is 2.17 bits per heavy atom. The highest BCUT2D eigenvalue weighted by atomic mass is 32.2. The van der Waals surface area contributed by atoms with Crippen molar-refractivity contribution in [2.45, 2.75) is 43.2 Å². The Hall–Kier alpha value is -4.53. The summed E-state index contributed by atoms with van der Waals surface area (Å²) in [6, 6.07) is 19.9. The number of rotatable bonds is 10. The Kier molecular flexibility index (Phi) is 9.03. The Balaban J connectivity index is 0.929. The van der Waals surface area contributed by atoms with Gasteiger partial charge >= 0.3 is 5.69 Å². The van der Waals surface area contributed by atoms with Crippen LogP contribution in [0.4, 0.5) is 20.2 Å². The van der Waals surface area contributed by atoms with E-state index in [1.165, 1.54) is 34.2 Å². The average molecular weight is 675 g/mol. The number of piperazine rings is 1. The highest BCUT2D eigenvalue weighted by molar-refractivity contribution is 7.99. The van der Waals surface area contributed by atoms with Gasteiger partial charge in [-0.1, -0.05) is 0 Å². The van der Waals surface area contributed by atoms with E-state index in [1.54, 1.807) is 22.7 Å². The lowest BCUT2D eigenvalue weighted by Crippen LogP contribution is -2.46. The van der Waals surface area contributed by atoms with E-state index in [-0.39, 0.29) is 36.6 Å². The number of thioether (sulfide) groups is 1. The minimum absolute atomic E-state index is 0.00682. The molecule has 0 aliphatic carbocycles. The second-order valence-corrected chi connectivity index (χ2v) is 13.2. The van der Waals surface area contributed by atoms with Crippen molar-refractivity contribution in [1.29, 1.82) is 0 Å². The molecule has 2 aliphatic rings. The van der Waals surface area contributed by atoms with Crippen molar-refractivity contribution < 1.29 is 18.3 Å². The van der Waals surface area contributed by atoms with Gasteiger partial charge < -0.3 is 19.3 Å². The van der Waals surface area contributed by atoms with E-state index in [1.807, 2.05) is 26.0 Å². The van der Waals surface area contributed by atoms with Crippen molar-refractivity contribution in [2.75, 3.05) is 48.3 Å². The van der Waals surface area contributed by atoms with Crippen LogP contribution in [0.2, 0.25) is 0 Å². The smallest absolute Gasteiger partial charge is 0.350 e. The second-order valence-electron chi connectivity index (χ2n) is 12.1. The van der Waals surface area contributed by atoms with Crippen molar-refractivity contribution >= 4 is 23.1 Å². The second kappa shape index (κ2) is 13.5. The summed E-state index contributed by atoms with van der Waals surface area (Å²) in [4.78, 5) is 22.4. The van der Waals surface area contributed by atoms with Crippen molar-refractivity contribution in [2.24, 2.45) is 0 Å². The van der Waals surface area contributed by atoms with Gasteiger partial charge in [-0.05, 0) is 74.5 Å². The van der Waals surface area contributed by atoms with Gasteiger partial charge in [-0.3, -0.25) is 0 Å². The average Bonchev–Trinajstić information content (AvgIpc) is 3.85. The van der Waals surface area contributed by atoms with Gasteiger partial charge in [0.2, 0.25) is 5.79 Å². The molecule has 250 valence electrons. The fraction of sp³-hybridized carbons (Fsp3) is 0.353. The molecule has 0 amide bonds. The first-order valence-corrected chi connectivity index (χ1v) is 16.9. The molecular formula is C34H36F2N8O3S. The van der Waals surface area contributed by atoms with E-state index in [9.17, 15) is 13.6 Å². The molecule has 5 aromatic rings. The fourth-order valence-electron chi connectivity index (χ4n) is 6.12. The molecule has 11 nitrogen and oxygen atoms in total. The molecule has 7 rings (SSSR count). The van der Waals surface area contributed by atoms with Crippen molar-refractivity contribution in [1.82, 2.24) is 29.1 Å². The Morgan fingerprint density at radius 2 is 1.56 bits per heavy atom. The summed E-state index contributed by atoms with van der Waals surface area (Å²) in [5, 5.41) is 8.35. The molecular weight excluding hydrogens is 638 g/mol. The highest BCUT2D eigenvalue weighted by Gasteiger charge is 2.46. The third kappa shape index (κ3) is 6.60. The maximum atomic E-state index is 14.9. The maximum absolute atomic E-state index is 14.9. The number of halogens is 2. The molecule has 3 aromatic carbocycles. The van der Waals surface area contributed by atoms with E-state index < -0.39 is 17.4 Å². The van der Waals surface area contributed by atoms with Crippen LogP contribution < -0.4 is 15.5 Å². The van der Waals surface area contributed by atoms with E-state index in [0.717, 1.165) is 54.2 Å². The van der Waals surface area contributed by atoms with E-state index in [2.05, 4.69) is 61.4 Å². The minimum atomic E-state index is -1.44. The predicted molar refractivity (Wildman–Crippen MR) is 179 cm³/mol. The number of hydrogen-bond donors (Lipinski definition) is 0. The molecule has 14 heteroatoms. The molecule has 2 saturated heterocycles. The number of ether oxygens (including phenoxy) is 2. The topological polar surface area (TPSA) is 95.5 Å². The van der Waals surface area contributed by atoms with Crippen LogP contribution in [0.5, 0.6) is 0 Å². The standard InChI is InChI=1S/C34H36F2N8O3S/c1-24(2)44-33(45)43(23-39-44)28-6-4-26(5-7-28)40-13-15-41(16-14-40)27-8-10-30(11-9-27)48-19-29-18-46-34(47-29,20-42-22-37-21-38-42)31-12-3-25(35)17-32(31)36/h3-12,17,21-24,29H,13-16,18-20H2,1-2H3. The number of hydrogen-bond acceptors (Lipinski definition) is 9. The van der Waals surface area contributed by atoms with Gasteiger partial charge in [0.05, 0.1) is 24.4 Å². The van der Waals surface area contributed by atoms with Crippen LogP contribution in [0, 0.1) is 11.6 Å². The molecule has 0 N–H and O–H groups in total. The lowest BCUT2D eigenvalue weighted by atomic mass is 10.0. The lowest BCUT2D eigenvalue weighted by Gasteiger charge is -2.37. The molecule has 2 unspecified atom stereocenters. The zero-order valence-electron chi connectivity index (χ0n) is 26.7. The summed E-state index contributed by atoms with van der Waals surface area (Å²) in [6.07, 6.45) is 4.15. The van der Waals surface area contributed by atoms with E-state index in [4.69, 9.17) is 9.47 Å². The molecule has 2 aliphatic heterocycles. The zero-order valence-corrected chi connectivity index (χ0v) is 27.5. The first kappa shape index (κ1) is 32.0. The third-order valence-corrected chi connectivity index (χ3v) is 9.77. The summed E-state index contributed by atoms with van der Waals surface area (Å²) in [5.41, 5.74) is 3.07. The SMILES string of the molecule is CC(C)n1ncn(-c2ccc(N3CCN(c4ccc(SCC5COC(Cn6cncn6)(c6ccc(F)cc6F)O5)cc4)CC3)cc2)c1=O. The predicted octanol–water partition coefficient (Wildman–Crippen LogP) is 4.87. The minimum Gasteiger partial charge on any atom is -0.368 e. The molecule has 2 atom stereocenters. The molecule has 48 heavy (non-hydrogen) atoms. The first-order valence-electron chi connectivity index (χ1n) is 15.9. The van der Waals surface area contributed by atoms with Crippen LogP contribution in [-0.2, 0) is 21.8 Å². The van der Waals surface area contributed by atoms with Crippen LogP contribution in [0.1, 0.15) is 25.5 Å². The molecule has 2 aromatic heterocycles. The number of nitrogens with zero attached hydrogens (tertiary/aromatic N) is 8. The third-order valence-electron chi connectivity index (χ3n) is 8.63. The summed E-state index contributed by atoms with van der Waals surface area (Å²) >= 11 is 1.64. The van der Waals surface area contributed by atoms with Crippen LogP contribution >= 0.6 is 11.8 Å². The summed E-state index contributed by atoms with van der Waals surface area (Å²) < 4.78 is 45.5. The molecule has 0 saturated carbocycles. The fourth-order valence-corrected chi connectivity index (χ4v) is 6.99. The van der Waals surface area contributed by atoms with Gasteiger partial charge in [0.15, 0.2) is 0 Å². The monoisotopic (exact) mass is 674 g/mol. The van der Waals surface area contributed by atoms with Crippen LogP contribution in [0.15, 0.2) is 95.4 Å². The van der Waals surface area contributed by atoms with Gasteiger partial charge in [-0.15, -0.1) is 11.8 Å². The molecule has 4 heterocycles. The number of anilines is 2. The van der Waals surface area contributed by atoms with Crippen molar-refractivity contribution in [3.8, 4) is 5.69 Å². The number of aromatic nitrogens is 6. The first-order chi connectivity index (χ1) is 23.3. The largest absolute Gasteiger partial charge is 0.368 e. The van der Waals surface area contributed by atoms with Gasteiger partial charge in [-0.25, -0.2) is 32.5 Å². The Labute approximate surface area is 280 Å². The lowest BCUT2D eigenvalue weighted by molar-refractivity contribution is -0.188. The van der Waals surface area contributed by atoms with Gasteiger partial charge in [-0.2, -0.15) is 10.2 Å². The maximum Gasteiger partial charge on any atom is 0.350 e. The van der Waals surface area contributed by atoms with Crippen LogP contribution in [0.25, 0.3) is 5.69 Å². The Bertz CT molecular complexity index is 1890. The summed E-state index contributed by atoms with van der Waals surface area (Å²) in [7, 11) is 0. The number of benzene rings is 3. The highest BCUT2D eigenvalue weighted by Crippen LogP contribution is 2.39. The zero-order chi connectivity index (χ0) is 33.3. The van der Waals surface area contributed by atoms with Gasteiger partial charge in [0.25, 0.3) is 0 Å². The Morgan fingerprint density at radius 1 is 0.896 bits per heavy atom. The summed E-state index contributed by atoms with van der Waals surface area (Å²) in [5.74, 6) is -2.25. The molecule has 0 bridgehead atoms. The molecule has 0 radical (unpaired) electrons. The van der Waals surface area contributed by atoms with E-state index >= 15 is 0 Å². The molecule has 2 fully saturated rings.